The first kappa shape index (κ1) is 25.4. The van der Waals surface area contributed by atoms with Crippen LogP contribution in [0.15, 0.2) is 48.5 Å². The number of anilines is 1. The van der Waals surface area contributed by atoms with Gasteiger partial charge in [-0.1, -0.05) is 29.4 Å². The van der Waals surface area contributed by atoms with Crippen LogP contribution in [0.2, 0.25) is 0 Å². The summed E-state index contributed by atoms with van der Waals surface area (Å²) >= 11 is 1.04. The first-order valence-electron chi connectivity index (χ1n) is 10.9. The van der Waals surface area contributed by atoms with Gasteiger partial charge in [0.2, 0.25) is 5.13 Å². The Morgan fingerprint density at radius 1 is 1.00 bits per heavy atom. The molecule has 0 aliphatic carbocycles. The third-order valence-electron chi connectivity index (χ3n) is 5.47. The van der Waals surface area contributed by atoms with E-state index in [0.29, 0.717) is 24.6 Å². The molecule has 13 heteroatoms. The number of rotatable bonds is 6. The van der Waals surface area contributed by atoms with Crippen LogP contribution in [0, 0.1) is 5.82 Å². The number of carbonyl (C=O) groups is 2. The number of carbonyl (C=O) groups excluding carboxylic acids is 2. The Labute approximate surface area is 207 Å². The summed E-state index contributed by atoms with van der Waals surface area (Å²) < 4.78 is 57.9. The average molecular weight is 524 g/mol. The van der Waals surface area contributed by atoms with Gasteiger partial charge in [0.05, 0.1) is 11.1 Å². The highest BCUT2D eigenvalue weighted by Crippen LogP contribution is 2.33. The topological polar surface area (TPSA) is 87.7 Å². The van der Waals surface area contributed by atoms with Crippen molar-refractivity contribution in [2.24, 2.45) is 0 Å². The van der Waals surface area contributed by atoms with Crippen LogP contribution in [0.4, 0.5) is 27.5 Å². The largest absolute Gasteiger partial charge is 0.417 e. The summed E-state index contributed by atoms with van der Waals surface area (Å²) in [4.78, 5) is 27.9. The Morgan fingerprint density at radius 3 is 2.39 bits per heavy atom. The molecule has 0 spiro atoms. The predicted molar refractivity (Wildman–Crippen MR) is 124 cm³/mol. The van der Waals surface area contributed by atoms with Crippen LogP contribution in [-0.2, 0) is 12.6 Å². The van der Waals surface area contributed by atoms with E-state index in [9.17, 15) is 27.2 Å². The van der Waals surface area contributed by atoms with Gasteiger partial charge < -0.3 is 19.9 Å². The van der Waals surface area contributed by atoms with Gasteiger partial charge in [-0.15, -0.1) is 5.10 Å². The quantitative estimate of drug-likeness (QED) is 0.492. The number of benzene rings is 2. The fourth-order valence-corrected chi connectivity index (χ4v) is 4.38. The van der Waals surface area contributed by atoms with Gasteiger partial charge in [-0.05, 0) is 47.6 Å². The Hall–Kier alpha value is -3.74. The van der Waals surface area contributed by atoms with Gasteiger partial charge in [0.15, 0.2) is 0 Å². The van der Waals surface area contributed by atoms with E-state index in [2.05, 4.69) is 15.5 Å². The molecule has 1 N–H and O–H groups in total. The summed E-state index contributed by atoms with van der Waals surface area (Å²) in [7, 11) is 0. The lowest BCUT2D eigenvalue weighted by Crippen LogP contribution is -2.49. The summed E-state index contributed by atoms with van der Waals surface area (Å²) in [5.41, 5.74) is -0.482. The van der Waals surface area contributed by atoms with E-state index in [0.717, 1.165) is 23.0 Å². The van der Waals surface area contributed by atoms with Crippen molar-refractivity contribution in [1.29, 1.82) is 0 Å². The van der Waals surface area contributed by atoms with Crippen LogP contribution in [0.3, 0.4) is 0 Å². The average Bonchev–Trinajstić information content (AvgIpc) is 3.33. The van der Waals surface area contributed by atoms with E-state index in [1.807, 2.05) is 4.90 Å². The molecule has 0 radical (unpaired) electrons. The van der Waals surface area contributed by atoms with Crippen LogP contribution in [-0.4, -0.2) is 59.8 Å². The van der Waals surface area contributed by atoms with Gasteiger partial charge in [-0.25, -0.2) is 9.18 Å². The van der Waals surface area contributed by atoms with Gasteiger partial charge in [0.1, 0.15) is 5.82 Å². The number of nitrogens with one attached hydrogen (secondary N) is 1. The van der Waals surface area contributed by atoms with Crippen molar-refractivity contribution < 1.29 is 31.9 Å². The molecule has 4 rings (SSSR count). The number of amides is 2. The van der Waals surface area contributed by atoms with E-state index in [1.165, 1.54) is 35.2 Å². The minimum atomic E-state index is -4.62. The van der Waals surface area contributed by atoms with E-state index in [-0.39, 0.29) is 36.2 Å². The second-order valence-electron chi connectivity index (χ2n) is 7.87. The van der Waals surface area contributed by atoms with E-state index >= 15 is 0 Å². The van der Waals surface area contributed by atoms with Crippen molar-refractivity contribution in [3.8, 4) is 5.19 Å². The highest BCUT2D eigenvalue weighted by molar-refractivity contribution is 7.17. The van der Waals surface area contributed by atoms with Gasteiger partial charge in [0.25, 0.3) is 5.91 Å². The molecule has 8 nitrogen and oxygen atoms in total. The van der Waals surface area contributed by atoms with Crippen molar-refractivity contribution >= 4 is 28.5 Å². The standard InChI is InChI=1S/C23H21F4N5O3S/c24-16-7-5-15(6-8-16)9-10-28-21(34)35-22-30-29-20(36-22)32-13-11-31(12-14-32)19(33)17-3-1-2-4-18(17)23(25,26)27/h1-8H,9-14H2,(H,28,34). The molecular weight excluding hydrogens is 502 g/mol. The number of alkyl halides is 3. The van der Waals surface area contributed by atoms with E-state index < -0.39 is 23.7 Å². The summed E-state index contributed by atoms with van der Waals surface area (Å²) in [6.07, 6.45) is -4.84. The molecule has 1 saturated heterocycles. The molecule has 190 valence electrons. The van der Waals surface area contributed by atoms with Crippen molar-refractivity contribution in [2.45, 2.75) is 12.6 Å². The van der Waals surface area contributed by atoms with Crippen molar-refractivity contribution in [1.82, 2.24) is 20.4 Å². The molecule has 0 saturated carbocycles. The molecule has 0 atom stereocenters. The summed E-state index contributed by atoms with van der Waals surface area (Å²) in [6, 6.07) is 10.7. The molecule has 36 heavy (non-hydrogen) atoms. The maximum absolute atomic E-state index is 13.3. The van der Waals surface area contributed by atoms with Crippen molar-refractivity contribution in [3.05, 3.63) is 71.0 Å². The lowest BCUT2D eigenvalue weighted by Gasteiger charge is -2.34. The molecule has 1 fully saturated rings. The SMILES string of the molecule is O=C(NCCc1ccc(F)cc1)Oc1nnc(N2CCN(C(=O)c3ccccc3C(F)(F)F)CC2)s1. The van der Waals surface area contributed by atoms with Gasteiger partial charge in [0, 0.05) is 32.7 Å². The Morgan fingerprint density at radius 2 is 1.69 bits per heavy atom. The highest BCUT2D eigenvalue weighted by Gasteiger charge is 2.36. The number of piperazine rings is 1. The van der Waals surface area contributed by atoms with Gasteiger partial charge in [-0.3, -0.25) is 4.79 Å². The monoisotopic (exact) mass is 523 g/mol. The Kier molecular flexibility index (Phi) is 7.67. The zero-order valence-electron chi connectivity index (χ0n) is 18.8. The number of aromatic nitrogens is 2. The highest BCUT2D eigenvalue weighted by atomic mass is 32.1. The molecule has 1 aliphatic heterocycles. The summed E-state index contributed by atoms with van der Waals surface area (Å²) in [5.74, 6) is -1.01. The molecule has 3 aromatic rings. The maximum Gasteiger partial charge on any atom is 0.417 e. The summed E-state index contributed by atoms with van der Waals surface area (Å²) in [6.45, 7) is 1.34. The minimum Gasteiger partial charge on any atom is -0.380 e. The number of ether oxygens (including phenoxy) is 1. The molecule has 1 aromatic heterocycles. The van der Waals surface area contributed by atoms with Crippen molar-refractivity contribution in [3.63, 3.8) is 0 Å². The smallest absolute Gasteiger partial charge is 0.380 e. The van der Waals surface area contributed by atoms with Crippen LogP contribution >= 0.6 is 11.3 Å². The Balaban J connectivity index is 1.26. The number of hydrogen-bond acceptors (Lipinski definition) is 7. The first-order chi connectivity index (χ1) is 17.2. The number of halogens is 4. The molecule has 2 heterocycles. The first-order valence-corrected chi connectivity index (χ1v) is 11.8. The van der Waals surface area contributed by atoms with Crippen LogP contribution < -0.4 is 15.0 Å². The zero-order valence-corrected chi connectivity index (χ0v) is 19.6. The minimum absolute atomic E-state index is 0.0295. The van der Waals surface area contributed by atoms with E-state index in [4.69, 9.17) is 4.74 Å². The fraction of sp³-hybridized carbons (Fsp3) is 0.304. The molecule has 2 aromatic carbocycles. The lowest BCUT2D eigenvalue weighted by atomic mass is 10.1. The molecule has 0 bridgehead atoms. The van der Waals surface area contributed by atoms with Gasteiger partial charge >= 0.3 is 17.5 Å². The van der Waals surface area contributed by atoms with Crippen LogP contribution in [0.25, 0.3) is 0 Å². The van der Waals surface area contributed by atoms with Crippen LogP contribution in [0.1, 0.15) is 21.5 Å². The molecule has 1 aliphatic rings. The lowest BCUT2D eigenvalue weighted by molar-refractivity contribution is -0.138. The third kappa shape index (κ3) is 6.27. The van der Waals surface area contributed by atoms with Crippen molar-refractivity contribution in [2.75, 3.05) is 37.6 Å². The zero-order chi connectivity index (χ0) is 25.7. The maximum atomic E-state index is 13.3. The molecular formula is C23H21F4N5O3S. The second-order valence-corrected chi connectivity index (χ2v) is 8.78. The molecule has 2 amide bonds. The fourth-order valence-electron chi connectivity index (χ4n) is 3.63. The van der Waals surface area contributed by atoms with Gasteiger partial charge in [-0.2, -0.15) is 13.2 Å². The Bertz CT molecular complexity index is 1210. The number of hydrogen-bond donors (Lipinski definition) is 1. The predicted octanol–water partition coefficient (Wildman–Crippen LogP) is 3.99. The van der Waals surface area contributed by atoms with E-state index in [1.54, 1.807) is 12.1 Å². The second kappa shape index (κ2) is 10.9. The van der Waals surface area contributed by atoms with Crippen LogP contribution in [0.5, 0.6) is 5.19 Å². The molecule has 0 unspecified atom stereocenters. The normalized spacial score (nSPS) is 14.0. The summed E-state index contributed by atoms with van der Waals surface area (Å²) in [5, 5.41) is 10.9. The third-order valence-corrected chi connectivity index (χ3v) is 6.33. The number of nitrogens with zero attached hydrogens (tertiary/aromatic N) is 4.